The lowest BCUT2D eigenvalue weighted by Gasteiger charge is -2.29. The molecule has 0 fully saturated rings. The highest BCUT2D eigenvalue weighted by molar-refractivity contribution is 6.31. The molecule has 2 atom stereocenters. The first-order valence-electron chi connectivity index (χ1n) is 18.3. The van der Waals surface area contributed by atoms with Gasteiger partial charge in [0.15, 0.2) is 5.71 Å². The van der Waals surface area contributed by atoms with Crippen molar-refractivity contribution >= 4 is 39.5 Å². The molecule has 2 aliphatic heterocycles. The van der Waals surface area contributed by atoms with E-state index in [4.69, 9.17) is 11.6 Å². The summed E-state index contributed by atoms with van der Waals surface area (Å²) in [7, 11) is 2.19. The summed E-state index contributed by atoms with van der Waals surface area (Å²) in [5.41, 5.74) is 9.63. The standard InChI is InChI=1S/C46H40ClN3.C2H6/c1-4-28-45(2)39-30-35(32-48)19-23-40(39)49-42(45)25-21-37(47)22-26-43-46(31-34-15-9-6-10-16-34,29-27-33-13-7-5-8-14-33)44-38-18-12-11-17-36(38)20-24-41(44)50(43)3;1-2/h4-26,30H,1,27-29,31H2,2-3H3;1-2H3/p+1. The van der Waals surface area contributed by atoms with Crippen LogP contribution in [0.3, 0.4) is 0 Å². The Balaban J connectivity index is 0.00000228. The number of hydrogen-bond acceptors (Lipinski definition) is 2. The molecule has 2 heterocycles. The molecule has 2 aliphatic rings. The van der Waals surface area contributed by atoms with E-state index in [1.807, 2.05) is 50.3 Å². The van der Waals surface area contributed by atoms with Gasteiger partial charge in [-0.1, -0.05) is 116 Å². The van der Waals surface area contributed by atoms with E-state index in [0.29, 0.717) is 10.6 Å². The van der Waals surface area contributed by atoms with E-state index < -0.39 is 0 Å². The topological polar surface area (TPSA) is 38.8 Å². The lowest BCUT2D eigenvalue weighted by Crippen LogP contribution is -2.37. The zero-order valence-corrected chi connectivity index (χ0v) is 31.4. The molecule has 0 aromatic heterocycles. The molecule has 0 aliphatic carbocycles. The maximum absolute atomic E-state index is 9.55. The van der Waals surface area contributed by atoms with Gasteiger partial charge in [-0.05, 0) is 103 Å². The Morgan fingerprint density at radius 3 is 2.31 bits per heavy atom. The van der Waals surface area contributed by atoms with E-state index >= 15 is 0 Å². The van der Waals surface area contributed by atoms with Crippen molar-refractivity contribution in [3.8, 4) is 6.07 Å². The van der Waals surface area contributed by atoms with Crippen molar-refractivity contribution in [2.45, 2.75) is 57.3 Å². The van der Waals surface area contributed by atoms with Crippen LogP contribution in [0.5, 0.6) is 0 Å². The third-order valence-electron chi connectivity index (χ3n) is 10.6. The first-order chi connectivity index (χ1) is 25.4. The SMILES string of the molecule is C=CCC1(C)\C(=C/C=C(Cl)/C=C/C2=[N+](C)c3ccc4ccccc4c3C2(CCc2ccccc2)Cc2ccccc2)Nc2ccc(C#N)cc21.CC. The van der Waals surface area contributed by atoms with Gasteiger partial charge in [-0.2, -0.15) is 9.84 Å². The monoisotopic (exact) mass is 700 g/mol. The molecule has 4 heteroatoms. The third kappa shape index (κ3) is 6.92. The Kier molecular flexibility index (Phi) is 11.1. The summed E-state index contributed by atoms with van der Waals surface area (Å²) in [6.07, 6.45) is 13.7. The minimum atomic E-state index is -0.341. The fraction of sp³-hybridized carbons (Fsp3) is 0.208. The summed E-state index contributed by atoms with van der Waals surface area (Å²) in [5.74, 6) is 0. The maximum Gasteiger partial charge on any atom is 0.210 e. The number of fused-ring (bicyclic) bond motifs is 4. The number of halogens is 1. The smallest absolute Gasteiger partial charge is 0.210 e. The molecule has 52 heavy (non-hydrogen) atoms. The maximum atomic E-state index is 9.55. The van der Waals surface area contributed by atoms with Crippen molar-refractivity contribution in [2.24, 2.45) is 0 Å². The second-order valence-corrected chi connectivity index (χ2v) is 14.1. The lowest BCUT2D eigenvalue weighted by molar-refractivity contribution is -0.401. The number of rotatable bonds is 10. The minimum Gasteiger partial charge on any atom is -0.358 e. The number of nitriles is 1. The number of anilines is 1. The van der Waals surface area contributed by atoms with Gasteiger partial charge in [-0.25, -0.2) is 0 Å². The summed E-state index contributed by atoms with van der Waals surface area (Å²) >= 11 is 7.05. The van der Waals surface area contributed by atoms with E-state index in [9.17, 15) is 5.26 Å². The second kappa shape index (κ2) is 15.9. The highest BCUT2D eigenvalue weighted by Gasteiger charge is 2.51. The van der Waals surface area contributed by atoms with Gasteiger partial charge in [0, 0.05) is 39.5 Å². The Morgan fingerprint density at radius 1 is 0.904 bits per heavy atom. The van der Waals surface area contributed by atoms with Gasteiger partial charge in [0.1, 0.15) is 7.05 Å². The summed E-state index contributed by atoms with van der Waals surface area (Å²) in [5, 5.41) is 16.3. The largest absolute Gasteiger partial charge is 0.358 e. The molecule has 0 saturated heterocycles. The number of hydrogen-bond donors (Lipinski definition) is 1. The quantitative estimate of drug-likeness (QED) is 0.0894. The lowest BCUT2D eigenvalue weighted by atomic mass is 9.68. The number of aryl methyl sites for hydroxylation is 1. The van der Waals surface area contributed by atoms with Gasteiger partial charge in [0.05, 0.1) is 17.0 Å². The zero-order chi connectivity index (χ0) is 36.7. The first-order valence-corrected chi connectivity index (χ1v) is 18.6. The van der Waals surface area contributed by atoms with Crippen LogP contribution in [0, 0.1) is 11.3 Å². The van der Waals surface area contributed by atoms with E-state index in [0.717, 1.165) is 42.6 Å². The van der Waals surface area contributed by atoms with Crippen molar-refractivity contribution in [3.05, 3.63) is 191 Å². The second-order valence-electron chi connectivity index (χ2n) is 13.6. The Morgan fingerprint density at radius 2 is 1.60 bits per heavy atom. The number of nitrogens with zero attached hydrogens (tertiary/aromatic N) is 2. The first kappa shape index (κ1) is 36.4. The van der Waals surface area contributed by atoms with Crippen LogP contribution in [0.15, 0.2) is 163 Å². The summed E-state index contributed by atoms with van der Waals surface area (Å²) in [4.78, 5) is 0. The molecule has 0 radical (unpaired) electrons. The molecular weight excluding hydrogens is 654 g/mol. The number of nitrogens with one attached hydrogen (secondary N) is 1. The van der Waals surface area contributed by atoms with Crippen LogP contribution in [-0.2, 0) is 23.7 Å². The Labute approximate surface area is 314 Å². The fourth-order valence-corrected chi connectivity index (χ4v) is 8.20. The van der Waals surface area contributed by atoms with Gasteiger partial charge in [0.25, 0.3) is 0 Å². The molecule has 7 rings (SSSR count). The average Bonchev–Trinajstić information content (AvgIpc) is 3.59. The number of benzene rings is 5. The molecule has 260 valence electrons. The predicted molar refractivity (Wildman–Crippen MR) is 221 cm³/mol. The zero-order valence-electron chi connectivity index (χ0n) is 30.7. The van der Waals surface area contributed by atoms with Gasteiger partial charge < -0.3 is 5.32 Å². The van der Waals surface area contributed by atoms with Crippen LogP contribution >= 0.6 is 11.6 Å². The van der Waals surface area contributed by atoms with Crippen LogP contribution in [0.4, 0.5) is 11.4 Å². The van der Waals surface area contributed by atoms with Crippen LogP contribution in [0.2, 0.25) is 0 Å². The molecule has 2 unspecified atom stereocenters. The van der Waals surface area contributed by atoms with Crippen molar-refractivity contribution in [1.82, 2.24) is 0 Å². The molecule has 0 spiro atoms. The summed E-state index contributed by atoms with van der Waals surface area (Å²) < 4.78 is 2.37. The Bertz CT molecular complexity index is 2250. The van der Waals surface area contributed by atoms with Crippen molar-refractivity contribution in [2.75, 3.05) is 12.4 Å². The normalized spacial score (nSPS) is 19.9. The molecule has 3 nitrogen and oxygen atoms in total. The minimum absolute atomic E-state index is 0.302. The van der Waals surface area contributed by atoms with Crippen LogP contribution in [0.25, 0.3) is 10.8 Å². The van der Waals surface area contributed by atoms with E-state index in [1.165, 1.54) is 38.9 Å². The highest BCUT2D eigenvalue weighted by Crippen LogP contribution is 2.49. The number of allylic oxidation sites excluding steroid dienone is 7. The van der Waals surface area contributed by atoms with E-state index in [2.05, 4.69) is 146 Å². The summed E-state index contributed by atoms with van der Waals surface area (Å²) in [6, 6.07) is 43.1. The third-order valence-corrected chi connectivity index (χ3v) is 10.9. The average molecular weight is 701 g/mol. The highest BCUT2D eigenvalue weighted by atomic mass is 35.5. The van der Waals surface area contributed by atoms with Crippen molar-refractivity contribution in [1.29, 1.82) is 5.26 Å². The Hall–Kier alpha value is -5.43. The molecule has 1 N–H and O–H groups in total. The predicted octanol–water partition coefficient (Wildman–Crippen LogP) is 12.1. The molecular formula is C48H47ClN3+. The van der Waals surface area contributed by atoms with Gasteiger partial charge in [-0.3, -0.25) is 0 Å². The molecule has 5 aromatic carbocycles. The van der Waals surface area contributed by atoms with Crippen LogP contribution in [-0.4, -0.2) is 17.3 Å². The van der Waals surface area contributed by atoms with E-state index in [-0.39, 0.29) is 10.8 Å². The van der Waals surface area contributed by atoms with Gasteiger partial charge >= 0.3 is 0 Å². The van der Waals surface area contributed by atoms with Gasteiger partial charge in [0.2, 0.25) is 5.69 Å². The molecule has 0 bridgehead atoms. The van der Waals surface area contributed by atoms with Gasteiger partial charge in [-0.15, -0.1) is 6.58 Å². The molecule has 0 amide bonds. The van der Waals surface area contributed by atoms with E-state index in [1.54, 1.807) is 0 Å². The van der Waals surface area contributed by atoms with Crippen molar-refractivity contribution in [3.63, 3.8) is 0 Å². The molecule has 0 saturated carbocycles. The van der Waals surface area contributed by atoms with Crippen LogP contribution < -0.4 is 5.32 Å². The van der Waals surface area contributed by atoms with Crippen LogP contribution in [0.1, 0.15) is 61.4 Å². The van der Waals surface area contributed by atoms with Crippen molar-refractivity contribution < 1.29 is 4.58 Å². The fourth-order valence-electron chi connectivity index (χ4n) is 8.08. The summed E-state index contributed by atoms with van der Waals surface area (Å²) in [6.45, 7) is 10.2. The molecule has 5 aromatic rings.